The summed E-state index contributed by atoms with van der Waals surface area (Å²) in [6, 6.07) is 0.377. The summed E-state index contributed by atoms with van der Waals surface area (Å²) in [5.74, 6) is -2.39. The third kappa shape index (κ3) is 3.63. The molecule has 0 spiro atoms. The van der Waals surface area contributed by atoms with Crippen LogP contribution in [0.2, 0.25) is 0 Å². The second-order valence-electron chi connectivity index (χ2n) is 3.37. The topological polar surface area (TPSA) is 82.3 Å². The zero-order valence-electron chi connectivity index (χ0n) is 9.73. The Morgan fingerprint density at radius 3 is 2.68 bits per heavy atom. The molecule has 1 heterocycles. The van der Waals surface area contributed by atoms with Crippen molar-refractivity contribution in [2.24, 2.45) is 0 Å². The average Bonchev–Trinajstić information content (AvgIpc) is 2.28. The fraction of sp³-hybridized carbons (Fsp3) is 0.400. The first-order valence-electron chi connectivity index (χ1n) is 5.14. The predicted octanol–water partition coefficient (Wildman–Crippen LogP) is 2.17. The Bertz CT molecular complexity index is 508. The van der Waals surface area contributed by atoms with Gasteiger partial charge in [-0.05, 0) is 6.92 Å². The lowest BCUT2D eigenvalue weighted by atomic mass is 10.1. The van der Waals surface area contributed by atoms with Crippen molar-refractivity contribution in [3.8, 4) is 0 Å². The van der Waals surface area contributed by atoms with Crippen molar-refractivity contribution in [3.05, 3.63) is 33.4 Å². The summed E-state index contributed by atoms with van der Waals surface area (Å²) in [6.07, 6.45) is -3.79. The van der Waals surface area contributed by atoms with Gasteiger partial charge in [-0.3, -0.25) is 14.9 Å². The van der Waals surface area contributed by atoms with Crippen LogP contribution in [0.4, 0.5) is 18.9 Å². The third-order valence-electron chi connectivity index (χ3n) is 2.12. The number of ether oxygens (including phenoxy) is 1. The molecule has 1 aromatic heterocycles. The van der Waals surface area contributed by atoms with E-state index in [1.807, 2.05) is 0 Å². The average molecular weight is 278 g/mol. The Morgan fingerprint density at radius 2 is 2.21 bits per heavy atom. The summed E-state index contributed by atoms with van der Waals surface area (Å²) in [7, 11) is 0. The van der Waals surface area contributed by atoms with E-state index in [2.05, 4.69) is 9.72 Å². The van der Waals surface area contributed by atoms with Gasteiger partial charge in [0.15, 0.2) is 0 Å². The molecule has 9 heteroatoms. The summed E-state index contributed by atoms with van der Waals surface area (Å²) in [4.78, 5) is 23.5. The highest BCUT2D eigenvalue weighted by molar-refractivity contribution is 5.72. The van der Waals surface area contributed by atoms with Crippen LogP contribution in [0.3, 0.4) is 0 Å². The minimum absolute atomic E-state index is 0.0261. The van der Waals surface area contributed by atoms with E-state index in [9.17, 15) is 28.1 Å². The molecule has 0 aliphatic heterocycles. The van der Waals surface area contributed by atoms with E-state index >= 15 is 0 Å². The SMILES string of the molecule is CCOC(=O)Cc1nc(F)c([N+](=O)[O-])cc1C(F)F. The highest BCUT2D eigenvalue weighted by Gasteiger charge is 2.25. The molecule has 0 amide bonds. The Hall–Kier alpha value is -2.19. The van der Waals surface area contributed by atoms with E-state index in [0.29, 0.717) is 6.07 Å². The lowest BCUT2D eigenvalue weighted by Gasteiger charge is -2.07. The predicted molar refractivity (Wildman–Crippen MR) is 56.1 cm³/mol. The first-order chi connectivity index (χ1) is 8.86. The molecule has 0 aromatic carbocycles. The molecule has 0 saturated heterocycles. The second-order valence-corrected chi connectivity index (χ2v) is 3.37. The van der Waals surface area contributed by atoms with Crippen molar-refractivity contribution >= 4 is 11.7 Å². The number of alkyl halides is 2. The molecule has 0 radical (unpaired) electrons. The zero-order chi connectivity index (χ0) is 14.6. The normalized spacial score (nSPS) is 10.6. The summed E-state index contributed by atoms with van der Waals surface area (Å²) in [5, 5.41) is 10.4. The van der Waals surface area contributed by atoms with Gasteiger partial charge in [-0.25, -0.2) is 13.8 Å². The quantitative estimate of drug-likeness (QED) is 0.357. The lowest BCUT2D eigenvalue weighted by Crippen LogP contribution is -2.13. The van der Waals surface area contributed by atoms with Crippen molar-refractivity contribution in [1.29, 1.82) is 0 Å². The highest BCUT2D eigenvalue weighted by Crippen LogP contribution is 2.27. The van der Waals surface area contributed by atoms with E-state index in [-0.39, 0.29) is 6.61 Å². The minimum atomic E-state index is -3.11. The molecular weight excluding hydrogens is 269 g/mol. The monoisotopic (exact) mass is 278 g/mol. The van der Waals surface area contributed by atoms with Gasteiger partial charge in [0.05, 0.1) is 23.6 Å². The van der Waals surface area contributed by atoms with E-state index in [1.54, 1.807) is 0 Å². The molecule has 0 aliphatic carbocycles. The Balaban J connectivity index is 3.19. The van der Waals surface area contributed by atoms with Gasteiger partial charge in [-0.15, -0.1) is 0 Å². The first kappa shape index (κ1) is 14.9. The van der Waals surface area contributed by atoms with Crippen LogP contribution in [0, 0.1) is 16.1 Å². The van der Waals surface area contributed by atoms with E-state index in [1.165, 1.54) is 6.92 Å². The smallest absolute Gasteiger partial charge is 0.324 e. The molecule has 0 bridgehead atoms. The standard InChI is InChI=1S/C10H9F3N2O4/c1-2-19-8(16)4-6-5(9(11)12)3-7(15(17)18)10(13)14-6/h3,9H,2,4H2,1H3. The molecule has 0 atom stereocenters. The van der Waals surface area contributed by atoms with Crippen molar-refractivity contribution < 1.29 is 27.6 Å². The molecule has 6 nitrogen and oxygen atoms in total. The summed E-state index contributed by atoms with van der Waals surface area (Å²) in [6.45, 7) is 1.54. The summed E-state index contributed by atoms with van der Waals surface area (Å²) < 4.78 is 43.2. The van der Waals surface area contributed by atoms with Crippen molar-refractivity contribution in [2.45, 2.75) is 19.8 Å². The summed E-state index contributed by atoms with van der Waals surface area (Å²) in [5.41, 5.74) is -2.60. The number of pyridine rings is 1. The van der Waals surface area contributed by atoms with Gasteiger partial charge in [-0.2, -0.15) is 4.39 Å². The van der Waals surface area contributed by atoms with Crippen LogP contribution >= 0.6 is 0 Å². The fourth-order valence-corrected chi connectivity index (χ4v) is 1.34. The number of nitro groups is 1. The van der Waals surface area contributed by atoms with Crippen LogP contribution in [0.25, 0.3) is 0 Å². The summed E-state index contributed by atoms with van der Waals surface area (Å²) >= 11 is 0. The number of hydrogen-bond acceptors (Lipinski definition) is 5. The Labute approximate surface area is 105 Å². The number of carbonyl (C=O) groups excluding carboxylic acids is 1. The molecule has 19 heavy (non-hydrogen) atoms. The third-order valence-corrected chi connectivity index (χ3v) is 2.12. The molecule has 0 fully saturated rings. The van der Waals surface area contributed by atoms with Gasteiger partial charge in [0.1, 0.15) is 0 Å². The number of halogens is 3. The number of nitrogens with zero attached hydrogens (tertiary/aromatic N) is 2. The van der Waals surface area contributed by atoms with Crippen molar-refractivity contribution in [3.63, 3.8) is 0 Å². The van der Waals surface area contributed by atoms with Crippen LogP contribution in [-0.4, -0.2) is 22.5 Å². The second kappa shape index (κ2) is 6.12. The van der Waals surface area contributed by atoms with Gasteiger partial charge in [0, 0.05) is 11.6 Å². The number of rotatable bonds is 5. The highest BCUT2D eigenvalue weighted by atomic mass is 19.3. The van der Waals surface area contributed by atoms with Crippen LogP contribution < -0.4 is 0 Å². The van der Waals surface area contributed by atoms with Crippen LogP contribution in [0.15, 0.2) is 6.07 Å². The maximum atomic E-state index is 13.2. The van der Waals surface area contributed by atoms with Crippen LogP contribution in [0.1, 0.15) is 24.6 Å². The molecule has 1 aromatic rings. The molecule has 0 unspecified atom stereocenters. The molecule has 0 N–H and O–H groups in total. The van der Waals surface area contributed by atoms with Crippen LogP contribution in [-0.2, 0) is 16.0 Å². The van der Waals surface area contributed by atoms with Gasteiger partial charge in [0.2, 0.25) is 0 Å². The van der Waals surface area contributed by atoms with Gasteiger partial charge < -0.3 is 4.74 Å². The maximum Gasteiger partial charge on any atom is 0.324 e. The number of esters is 1. The van der Waals surface area contributed by atoms with Crippen molar-refractivity contribution in [1.82, 2.24) is 4.98 Å². The molecule has 1 rings (SSSR count). The molecule has 0 aliphatic rings. The number of aromatic nitrogens is 1. The minimum Gasteiger partial charge on any atom is -0.466 e. The first-order valence-corrected chi connectivity index (χ1v) is 5.14. The lowest BCUT2D eigenvalue weighted by molar-refractivity contribution is -0.388. The number of carbonyl (C=O) groups is 1. The zero-order valence-corrected chi connectivity index (χ0v) is 9.73. The van der Waals surface area contributed by atoms with Crippen molar-refractivity contribution in [2.75, 3.05) is 6.61 Å². The fourth-order valence-electron chi connectivity index (χ4n) is 1.34. The molecule has 0 saturated carbocycles. The largest absolute Gasteiger partial charge is 0.466 e. The van der Waals surface area contributed by atoms with E-state index in [4.69, 9.17) is 0 Å². The molecular formula is C10H9F3N2O4. The van der Waals surface area contributed by atoms with Gasteiger partial charge in [0.25, 0.3) is 12.4 Å². The molecule has 104 valence electrons. The van der Waals surface area contributed by atoms with Gasteiger partial charge in [-0.1, -0.05) is 0 Å². The Kier molecular flexibility index (Phi) is 4.79. The number of hydrogen-bond donors (Lipinski definition) is 0. The Morgan fingerprint density at radius 1 is 1.58 bits per heavy atom. The van der Waals surface area contributed by atoms with E-state index < -0.39 is 46.6 Å². The maximum absolute atomic E-state index is 13.2. The van der Waals surface area contributed by atoms with E-state index in [0.717, 1.165) is 0 Å². The van der Waals surface area contributed by atoms with Gasteiger partial charge >= 0.3 is 11.7 Å². The van der Waals surface area contributed by atoms with Crippen LogP contribution in [0.5, 0.6) is 0 Å².